The first-order valence-corrected chi connectivity index (χ1v) is 15.4. The Morgan fingerprint density at radius 3 is 1.66 bits per heavy atom. The first-order valence-electron chi connectivity index (χ1n) is 15.4. The Morgan fingerprint density at radius 1 is 0.682 bits per heavy atom. The van der Waals surface area contributed by atoms with Crippen molar-refractivity contribution in [1.29, 1.82) is 0 Å². The Hall–Kier alpha value is -4.96. The van der Waals surface area contributed by atoms with Crippen LogP contribution in [0.15, 0.2) is 146 Å². The van der Waals surface area contributed by atoms with Crippen molar-refractivity contribution < 1.29 is 9.59 Å². The van der Waals surface area contributed by atoms with E-state index in [2.05, 4.69) is 110 Å². The summed E-state index contributed by atoms with van der Waals surface area (Å²) in [6, 6.07) is 38.2. The molecule has 1 N–H and O–H groups in total. The van der Waals surface area contributed by atoms with Crippen molar-refractivity contribution in [2.24, 2.45) is 0 Å². The van der Waals surface area contributed by atoms with Crippen molar-refractivity contribution in [2.45, 2.75) is 51.1 Å². The molecule has 2 amide bonds. The quantitative estimate of drug-likeness (QED) is 0.213. The van der Waals surface area contributed by atoms with Crippen molar-refractivity contribution in [3.05, 3.63) is 157 Å². The van der Waals surface area contributed by atoms with Gasteiger partial charge in [-0.3, -0.25) is 9.59 Å². The van der Waals surface area contributed by atoms with Crippen LogP contribution in [0.1, 0.15) is 37.3 Å². The van der Waals surface area contributed by atoms with E-state index in [1.807, 2.05) is 41.4 Å². The molecule has 222 valence electrons. The number of carbonyl (C=O) groups excluding carboxylic acids is 2. The zero-order valence-corrected chi connectivity index (χ0v) is 25.4. The summed E-state index contributed by atoms with van der Waals surface area (Å²) in [6.07, 6.45) is 8.08. The maximum Gasteiger partial charge on any atom is 0.253 e. The lowest BCUT2D eigenvalue weighted by Gasteiger charge is -2.20. The molecular weight excluding hydrogens is 540 g/mol. The number of nitrogens with one attached hydrogen (secondary N) is 1. The lowest BCUT2D eigenvalue weighted by atomic mass is 9.99. The highest BCUT2D eigenvalue weighted by molar-refractivity contribution is 5.96. The molecule has 0 aromatic heterocycles. The molecule has 4 nitrogen and oxygen atoms in total. The fraction of sp³-hybridized carbons (Fsp3) is 0.200. The molecule has 2 saturated heterocycles. The number of likely N-dealkylation sites (tertiary alicyclic amines) is 1. The first kappa shape index (κ1) is 30.5. The molecule has 0 spiro atoms. The molecule has 6 rings (SSSR count). The Morgan fingerprint density at radius 2 is 1.18 bits per heavy atom. The van der Waals surface area contributed by atoms with E-state index in [0.29, 0.717) is 11.1 Å². The highest BCUT2D eigenvalue weighted by Crippen LogP contribution is 2.27. The second-order valence-electron chi connectivity index (χ2n) is 11.5. The SMILES string of the molecule is C=C1C[C@@H](Cc2ccc(-c3ccccc3)cc2)N(/C=C/CC)C1=O.C=C1C[C@@H](Cc2ccc(-c3ccccc3)cc2)NC1=O. The highest BCUT2D eigenvalue weighted by atomic mass is 16.2. The summed E-state index contributed by atoms with van der Waals surface area (Å²) in [5.74, 6) is 0.0570. The van der Waals surface area contributed by atoms with Crippen LogP contribution < -0.4 is 5.32 Å². The van der Waals surface area contributed by atoms with Gasteiger partial charge in [-0.15, -0.1) is 0 Å². The minimum atomic E-state index is -0.00379. The van der Waals surface area contributed by atoms with Crippen LogP contribution in [0.4, 0.5) is 0 Å². The smallest absolute Gasteiger partial charge is 0.253 e. The van der Waals surface area contributed by atoms with E-state index in [1.165, 1.54) is 33.4 Å². The van der Waals surface area contributed by atoms with Gasteiger partial charge in [-0.25, -0.2) is 0 Å². The number of amides is 2. The lowest BCUT2D eigenvalue weighted by Crippen LogP contribution is -2.29. The maximum atomic E-state index is 12.2. The summed E-state index contributed by atoms with van der Waals surface area (Å²) in [6.45, 7) is 9.76. The minimum Gasteiger partial charge on any atom is -0.349 e. The maximum absolute atomic E-state index is 12.2. The number of hydrogen-bond donors (Lipinski definition) is 1. The third-order valence-electron chi connectivity index (χ3n) is 8.14. The van der Waals surface area contributed by atoms with Crippen LogP contribution in [0.3, 0.4) is 0 Å². The van der Waals surface area contributed by atoms with Crippen LogP contribution in [0.25, 0.3) is 22.3 Å². The van der Waals surface area contributed by atoms with Crippen molar-refractivity contribution >= 4 is 11.8 Å². The average molecular weight is 581 g/mol. The number of carbonyl (C=O) groups is 2. The molecule has 2 aliphatic heterocycles. The van der Waals surface area contributed by atoms with Gasteiger partial charge in [0.25, 0.3) is 5.91 Å². The summed E-state index contributed by atoms with van der Waals surface area (Å²) >= 11 is 0. The van der Waals surface area contributed by atoms with Crippen LogP contribution in [0.5, 0.6) is 0 Å². The van der Waals surface area contributed by atoms with E-state index in [0.717, 1.165) is 32.1 Å². The van der Waals surface area contributed by atoms with Crippen LogP contribution in [-0.4, -0.2) is 28.8 Å². The monoisotopic (exact) mass is 580 g/mol. The molecule has 44 heavy (non-hydrogen) atoms. The van der Waals surface area contributed by atoms with Gasteiger partial charge in [0.15, 0.2) is 0 Å². The molecule has 2 atom stereocenters. The molecule has 4 heteroatoms. The number of rotatable bonds is 8. The molecule has 2 fully saturated rings. The summed E-state index contributed by atoms with van der Waals surface area (Å²) in [7, 11) is 0. The summed E-state index contributed by atoms with van der Waals surface area (Å²) in [5.41, 5.74) is 8.77. The number of hydrogen-bond acceptors (Lipinski definition) is 2. The zero-order chi connectivity index (χ0) is 30.9. The van der Waals surface area contributed by atoms with Crippen molar-refractivity contribution in [3.8, 4) is 22.3 Å². The van der Waals surface area contributed by atoms with E-state index < -0.39 is 0 Å². The molecule has 0 saturated carbocycles. The molecule has 0 aliphatic carbocycles. The molecule has 2 aliphatic rings. The predicted octanol–water partition coefficient (Wildman–Crippen LogP) is 8.32. The van der Waals surface area contributed by atoms with Gasteiger partial charge in [0, 0.05) is 29.4 Å². The van der Waals surface area contributed by atoms with Crippen molar-refractivity contribution in [2.75, 3.05) is 0 Å². The Labute approximate surface area is 261 Å². The van der Waals surface area contributed by atoms with Crippen molar-refractivity contribution in [1.82, 2.24) is 10.2 Å². The third-order valence-corrected chi connectivity index (χ3v) is 8.14. The fourth-order valence-electron chi connectivity index (χ4n) is 5.73. The number of allylic oxidation sites excluding steroid dienone is 1. The molecule has 4 aromatic rings. The Bertz CT molecular complexity index is 1600. The zero-order valence-electron chi connectivity index (χ0n) is 25.4. The molecule has 4 aromatic carbocycles. The summed E-state index contributed by atoms with van der Waals surface area (Å²) < 4.78 is 0. The Balaban J connectivity index is 0.000000177. The second-order valence-corrected chi connectivity index (χ2v) is 11.5. The molecule has 0 radical (unpaired) electrons. The normalized spacial score (nSPS) is 18.0. The molecule has 2 heterocycles. The van der Waals surface area contributed by atoms with Gasteiger partial charge in [-0.1, -0.05) is 135 Å². The van der Waals surface area contributed by atoms with E-state index in [1.54, 1.807) is 0 Å². The summed E-state index contributed by atoms with van der Waals surface area (Å²) in [5, 5.41) is 2.96. The third kappa shape index (κ3) is 7.70. The predicted molar refractivity (Wildman–Crippen MR) is 181 cm³/mol. The average Bonchev–Trinajstić information content (AvgIpc) is 3.52. The minimum absolute atomic E-state index is 0.00379. The largest absolute Gasteiger partial charge is 0.349 e. The molecular formula is C40H40N2O2. The van der Waals surface area contributed by atoms with E-state index in [9.17, 15) is 9.59 Å². The number of benzene rings is 4. The van der Waals surface area contributed by atoms with Gasteiger partial charge >= 0.3 is 0 Å². The highest BCUT2D eigenvalue weighted by Gasteiger charge is 2.32. The van der Waals surface area contributed by atoms with Crippen LogP contribution in [0, 0.1) is 0 Å². The van der Waals surface area contributed by atoms with E-state index in [-0.39, 0.29) is 23.9 Å². The van der Waals surface area contributed by atoms with Crippen LogP contribution in [0.2, 0.25) is 0 Å². The standard InChI is InChI=1S/C22H23NO.C18H17NO/c1-3-4-14-23-21(15-17(2)22(23)24)16-18-10-12-20(13-11-18)19-8-6-5-7-9-19;1-13-11-17(19-18(13)20)12-14-7-9-16(10-8-14)15-5-3-2-4-6-15/h4-14,21H,2-3,15-16H2,1H3;2-10,17H,1,11-12H2,(H,19,20)/b14-4+;/t21-;17-/m00/s1. The number of nitrogens with zero attached hydrogens (tertiary/aromatic N) is 1. The van der Waals surface area contributed by atoms with E-state index in [4.69, 9.17) is 0 Å². The van der Waals surface area contributed by atoms with Crippen LogP contribution >= 0.6 is 0 Å². The van der Waals surface area contributed by atoms with Gasteiger partial charge in [-0.05, 0) is 65.5 Å². The first-order chi connectivity index (χ1) is 21.4. The van der Waals surface area contributed by atoms with Gasteiger partial charge in [0.1, 0.15) is 0 Å². The molecule has 0 unspecified atom stereocenters. The lowest BCUT2D eigenvalue weighted by molar-refractivity contribution is -0.123. The van der Waals surface area contributed by atoms with Gasteiger partial charge in [0.2, 0.25) is 5.91 Å². The van der Waals surface area contributed by atoms with E-state index >= 15 is 0 Å². The summed E-state index contributed by atoms with van der Waals surface area (Å²) in [4.78, 5) is 25.5. The van der Waals surface area contributed by atoms with Gasteiger partial charge < -0.3 is 10.2 Å². The Kier molecular flexibility index (Phi) is 10.0. The van der Waals surface area contributed by atoms with Gasteiger partial charge in [0.05, 0.1) is 0 Å². The topological polar surface area (TPSA) is 49.4 Å². The molecule has 0 bridgehead atoms. The van der Waals surface area contributed by atoms with Crippen molar-refractivity contribution in [3.63, 3.8) is 0 Å². The second kappa shape index (κ2) is 14.5. The van der Waals surface area contributed by atoms with Gasteiger partial charge in [-0.2, -0.15) is 0 Å². The fourth-order valence-corrected chi connectivity index (χ4v) is 5.73. The van der Waals surface area contributed by atoms with Crippen LogP contribution in [-0.2, 0) is 22.4 Å².